The van der Waals surface area contributed by atoms with Gasteiger partial charge in [-0.05, 0) is 64.8 Å². The topological polar surface area (TPSA) is 29.1 Å². The smallest absolute Gasteiger partial charge is 0.262 e. The Hall–Kier alpha value is -1.26. The van der Waals surface area contributed by atoms with Crippen molar-refractivity contribution < 1.29 is 4.79 Å². The van der Waals surface area contributed by atoms with Gasteiger partial charge in [-0.15, -0.1) is 23.1 Å². The Morgan fingerprint density at radius 2 is 1.72 bits per heavy atom. The van der Waals surface area contributed by atoms with Gasteiger partial charge in [-0.3, -0.25) is 4.79 Å². The fourth-order valence-electron chi connectivity index (χ4n) is 2.30. The number of thioether (sulfide) groups is 1. The first kappa shape index (κ1) is 21.8. The van der Waals surface area contributed by atoms with Crippen LogP contribution in [-0.4, -0.2) is 18.7 Å². The molecule has 0 aliphatic rings. The molecule has 4 heteroatoms. The zero-order valence-corrected chi connectivity index (χ0v) is 17.8. The minimum absolute atomic E-state index is 0.00641. The number of hydrogen-bond acceptors (Lipinski definition) is 3. The van der Waals surface area contributed by atoms with Gasteiger partial charge < -0.3 is 5.32 Å². The third kappa shape index (κ3) is 9.13. The average Bonchev–Trinajstić information content (AvgIpc) is 3.02. The number of rotatable bonds is 10. The van der Waals surface area contributed by atoms with E-state index in [1.807, 2.05) is 11.4 Å². The lowest BCUT2D eigenvalue weighted by atomic mass is 10.1. The Morgan fingerprint density at radius 3 is 2.36 bits per heavy atom. The van der Waals surface area contributed by atoms with E-state index in [1.165, 1.54) is 28.1 Å². The van der Waals surface area contributed by atoms with Crippen LogP contribution >= 0.6 is 23.1 Å². The third-order valence-electron chi connectivity index (χ3n) is 3.86. The number of hydrogen-bond donors (Lipinski definition) is 1. The molecule has 0 fully saturated rings. The summed E-state index contributed by atoms with van der Waals surface area (Å²) in [6.07, 6.45) is 11.5. The van der Waals surface area contributed by atoms with E-state index in [-0.39, 0.29) is 5.91 Å². The van der Waals surface area contributed by atoms with Gasteiger partial charge in [0.15, 0.2) is 0 Å². The molecule has 1 aromatic heterocycles. The summed E-state index contributed by atoms with van der Waals surface area (Å²) in [4.78, 5) is 13.7. The van der Waals surface area contributed by atoms with E-state index in [2.05, 4.69) is 51.2 Å². The molecule has 2 nitrogen and oxygen atoms in total. The number of carbonyl (C=O) groups is 1. The number of allylic oxidation sites excluding steroid dienone is 5. The maximum atomic E-state index is 11.8. The molecule has 0 aliphatic heterocycles. The van der Waals surface area contributed by atoms with E-state index in [4.69, 9.17) is 0 Å². The highest BCUT2D eigenvalue weighted by atomic mass is 32.2. The van der Waals surface area contributed by atoms with Crippen LogP contribution in [0.25, 0.3) is 0 Å². The molecule has 25 heavy (non-hydrogen) atoms. The maximum Gasteiger partial charge on any atom is 0.262 e. The number of amides is 1. The monoisotopic (exact) mass is 377 g/mol. The van der Waals surface area contributed by atoms with E-state index < -0.39 is 0 Å². The van der Waals surface area contributed by atoms with Crippen LogP contribution in [0, 0.1) is 0 Å². The molecule has 138 valence electrons. The van der Waals surface area contributed by atoms with E-state index in [9.17, 15) is 4.79 Å². The first-order chi connectivity index (χ1) is 11.9. The van der Waals surface area contributed by atoms with E-state index in [1.54, 1.807) is 18.8 Å². The second kappa shape index (κ2) is 12.2. The summed E-state index contributed by atoms with van der Waals surface area (Å²) in [7, 11) is 1.68. The lowest BCUT2D eigenvalue weighted by Gasteiger charge is -2.03. The van der Waals surface area contributed by atoms with Crippen molar-refractivity contribution in [3.05, 3.63) is 51.3 Å². The normalized spacial score (nSPS) is 12.2. The van der Waals surface area contributed by atoms with Crippen LogP contribution < -0.4 is 5.32 Å². The fourth-order valence-corrected chi connectivity index (χ4v) is 4.38. The molecule has 1 amide bonds. The van der Waals surface area contributed by atoms with Gasteiger partial charge >= 0.3 is 0 Å². The molecular formula is C21H31NOS2. The zero-order chi connectivity index (χ0) is 18.7. The quantitative estimate of drug-likeness (QED) is 0.367. The first-order valence-electron chi connectivity index (χ1n) is 8.81. The Bertz CT molecular complexity index is 634. The zero-order valence-electron chi connectivity index (χ0n) is 16.1. The van der Waals surface area contributed by atoms with Crippen LogP contribution in [0.15, 0.2) is 51.3 Å². The number of nitrogens with one attached hydrogen (secondary N) is 1. The standard InChI is InChI=1S/C21H31NOS2/c1-16(2)8-6-9-17(3)10-7-11-18(4)12-14-24-19-13-15-25-20(19)21(23)22-5/h8,10,12-13,15H,6-7,9,11,14H2,1-5H3,(H,22,23)/b17-10+,18-12+. The lowest BCUT2D eigenvalue weighted by Crippen LogP contribution is -2.16. The van der Waals surface area contributed by atoms with Crippen molar-refractivity contribution in [2.45, 2.75) is 58.3 Å². The minimum atomic E-state index is 0.00641. The highest BCUT2D eigenvalue weighted by Gasteiger charge is 2.11. The highest BCUT2D eigenvalue weighted by molar-refractivity contribution is 7.99. The van der Waals surface area contributed by atoms with Crippen LogP contribution in [-0.2, 0) is 0 Å². The van der Waals surface area contributed by atoms with Gasteiger partial charge in [0.2, 0.25) is 0 Å². The molecule has 0 spiro atoms. The number of carbonyl (C=O) groups excluding carboxylic acids is 1. The maximum absolute atomic E-state index is 11.8. The first-order valence-corrected chi connectivity index (χ1v) is 10.7. The van der Waals surface area contributed by atoms with Crippen molar-refractivity contribution >= 4 is 29.0 Å². The van der Waals surface area contributed by atoms with Crippen LogP contribution in [0.3, 0.4) is 0 Å². The van der Waals surface area contributed by atoms with Gasteiger partial charge in [0.05, 0.1) is 0 Å². The van der Waals surface area contributed by atoms with Crippen molar-refractivity contribution in [1.82, 2.24) is 5.32 Å². The van der Waals surface area contributed by atoms with Crippen molar-refractivity contribution in [1.29, 1.82) is 0 Å². The van der Waals surface area contributed by atoms with Crippen molar-refractivity contribution in [3.63, 3.8) is 0 Å². The van der Waals surface area contributed by atoms with Gasteiger partial charge in [0.1, 0.15) is 4.88 Å². The molecule has 0 bridgehead atoms. The Kier molecular flexibility index (Phi) is 10.6. The largest absolute Gasteiger partial charge is 0.354 e. The molecule has 0 radical (unpaired) electrons. The summed E-state index contributed by atoms with van der Waals surface area (Å²) < 4.78 is 0. The SMILES string of the molecule is CNC(=O)c1sccc1SC/C=C(\C)CC/C=C(\C)CCC=C(C)C. The summed E-state index contributed by atoms with van der Waals surface area (Å²) >= 11 is 3.23. The van der Waals surface area contributed by atoms with Crippen LogP contribution in [0.2, 0.25) is 0 Å². The average molecular weight is 378 g/mol. The summed E-state index contributed by atoms with van der Waals surface area (Å²) in [5, 5.41) is 4.68. The number of thiophene rings is 1. The van der Waals surface area contributed by atoms with Gasteiger partial charge in [0, 0.05) is 17.7 Å². The molecule has 1 N–H and O–H groups in total. The van der Waals surface area contributed by atoms with Gasteiger partial charge in [-0.25, -0.2) is 0 Å². The Morgan fingerprint density at radius 1 is 1.08 bits per heavy atom. The summed E-state index contributed by atoms with van der Waals surface area (Å²) in [6.45, 7) is 8.72. The summed E-state index contributed by atoms with van der Waals surface area (Å²) in [6, 6.07) is 2.03. The van der Waals surface area contributed by atoms with Crippen molar-refractivity contribution in [3.8, 4) is 0 Å². The van der Waals surface area contributed by atoms with Crippen LogP contribution in [0.5, 0.6) is 0 Å². The second-order valence-corrected chi connectivity index (χ2v) is 8.44. The lowest BCUT2D eigenvalue weighted by molar-refractivity contribution is 0.0964. The van der Waals surface area contributed by atoms with E-state index in [0.29, 0.717) is 0 Å². The minimum Gasteiger partial charge on any atom is -0.354 e. The molecule has 0 aromatic carbocycles. The van der Waals surface area contributed by atoms with Gasteiger partial charge in [0.25, 0.3) is 5.91 Å². The summed E-state index contributed by atoms with van der Waals surface area (Å²) in [5.41, 5.74) is 4.29. The Labute approximate surface area is 161 Å². The van der Waals surface area contributed by atoms with E-state index in [0.717, 1.165) is 41.2 Å². The highest BCUT2D eigenvalue weighted by Crippen LogP contribution is 2.28. The predicted octanol–water partition coefficient (Wildman–Crippen LogP) is 6.62. The van der Waals surface area contributed by atoms with Crippen LogP contribution in [0.4, 0.5) is 0 Å². The molecule has 0 unspecified atom stereocenters. The van der Waals surface area contributed by atoms with Gasteiger partial charge in [-0.2, -0.15) is 0 Å². The fraction of sp³-hybridized carbons (Fsp3) is 0.476. The molecule has 1 heterocycles. The second-order valence-electron chi connectivity index (χ2n) is 6.46. The molecular weight excluding hydrogens is 346 g/mol. The predicted molar refractivity (Wildman–Crippen MR) is 114 cm³/mol. The van der Waals surface area contributed by atoms with Crippen molar-refractivity contribution in [2.75, 3.05) is 12.8 Å². The molecule has 1 rings (SSSR count). The molecule has 0 atom stereocenters. The molecule has 1 aromatic rings. The molecule has 0 aliphatic carbocycles. The summed E-state index contributed by atoms with van der Waals surface area (Å²) in [5.74, 6) is 0.919. The van der Waals surface area contributed by atoms with Crippen molar-refractivity contribution in [2.24, 2.45) is 0 Å². The Balaban J connectivity index is 2.36. The molecule has 0 saturated heterocycles. The van der Waals surface area contributed by atoms with E-state index >= 15 is 0 Å². The molecule has 0 saturated carbocycles. The third-order valence-corrected chi connectivity index (χ3v) is 5.88. The van der Waals surface area contributed by atoms with Crippen LogP contribution in [0.1, 0.15) is 63.0 Å². The van der Waals surface area contributed by atoms with Gasteiger partial charge in [-0.1, -0.05) is 34.9 Å².